The zero-order chi connectivity index (χ0) is 15.4. The van der Waals surface area contributed by atoms with E-state index in [9.17, 15) is 5.11 Å². The molecule has 0 radical (unpaired) electrons. The lowest BCUT2D eigenvalue weighted by Crippen LogP contribution is -1.79. The fraction of sp³-hybridized carbons (Fsp3) is 0.0625. The van der Waals surface area contributed by atoms with Gasteiger partial charge in [-0.3, -0.25) is 0 Å². The van der Waals surface area contributed by atoms with Crippen LogP contribution in [0, 0.1) is 0 Å². The zero-order valence-electron chi connectivity index (χ0n) is 11.5. The van der Waals surface area contributed by atoms with Gasteiger partial charge in [-0.2, -0.15) is 4.98 Å². The molecule has 1 aromatic heterocycles. The number of nitrogens with zero attached hydrogens (tertiary/aromatic N) is 3. The quantitative estimate of drug-likeness (QED) is 0.713. The molecule has 1 heterocycles. The molecule has 0 saturated carbocycles. The Balaban J connectivity index is 1.86. The lowest BCUT2D eigenvalue weighted by molar-refractivity contribution is 0.282. The molecule has 0 aliphatic carbocycles. The van der Waals surface area contributed by atoms with Gasteiger partial charge in [0, 0.05) is 5.56 Å². The minimum Gasteiger partial charge on any atom is -0.478 e. The van der Waals surface area contributed by atoms with E-state index < -0.39 is 0 Å². The van der Waals surface area contributed by atoms with Gasteiger partial charge in [0.15, 0.2) is 0 Å². The minimum atomic E-state index is -0.388. The summed E-state index contributed by atoms with van der Waals surface area (Å²) in [7, 11) is 0. The average molecular weight is 295 g/mol. The molecule has 0 amide bonds. The monoisotopic (exact) mass is 295 g/mol. The number of benzene rings is 2. The van der Waals surface area contributed by atoms with Crippen molar-refractivity contribution in [2.75, 3.05) is 0 Å². The maximum absolute atomic E-state index is 9.75. The molecule has 6 heteroatoms. The predicted molar refractivity (Wildman–Crippen MR) is 80.1 cm³/mol. The van der Waals surface area contributed by atoms with E-state index >= 15 is 0 Å². The number of hydrogen-bond donors (Lipinski definition) is 2. The Hall–Kier alpha value is -2.99. The second kappa shape index (κ2) is 6.19. The van der Waals surface area contributed by atoms with E-state index in [1.807, 2.05) is 30.3 Å². The van der Waals surface area contributed by atoms with Gasteiger partial charge < -0.3 is 14.6 Å². The van der Waals surface area contributed by atoms with Crippen molar-refractivity contribution in [3.63, 3.8) is 0 Å². The molecule has 0 atom stereocenters. The molecule has 0 aliphatic rings. The van der Waals surface area contributed by atoms with Gasteiger partial charge in [0.2, 0.25) is 5.89 Å². The van der Waals surface area contributed by atoms with E-state index in [0.717, 1.165) is 11.1 Å². The van der Waals surface area contributed by atoms with Crippen LogP contribution in [-0.4, -0.2) is 15.2 Å². The molecule has 0 unspecified atom stereocenters. The van der Waals surface area contributed by atoms with Crippen LogP contribution in [0.4, 0.5) is 11.5 Å². The molecule has 22 heavy (non-hydrogen) atoms. The summed E-state index contributed by atoms with van der Waals surface area (Å²) in [4.78, 5) is 4.11. The Morgan fingerprint density at radius 1 is 1.00 bits per heavy atom. The Morgan fingerprint density at radius 2 is 1.82 bits per heavy atom. The molecule has 0 fully saturated rings. The lowest BCUT2D eigenvalue weighted by Gasteiger charge is -1.95. The number of rotatable bonds is 4. The van der Waals surface area contributed by atoms with Crippen molar-refractivity contribution >= 4 is 11.5 Å². The summed E-state index contributed by atoms with van der Waals surface area (Å²) >= 11 is 0. The Labute approximate surface area is 126 Å². The minimum absolute atomic E-state index is 0.00764. The molecule has 2 aromatic carbocycles. The Bertz CT molecular complexity index is 797. The van der Waals surface area contributed by atoms with Crippen LogP contribution in [0.3, 0.4) is 0 Å². The highest BCUT2D eigenvalue weighted by atomic mass is 16.5. The third kappa shape index (κ3) is 3.02. The molecule has 0 saturated heterocycles. The SMILES string of the molecule is OCc1cccc(N=Nc2nc(-c3ccccc3)oc2O)c1. The van der Waals surface area contributed by atoms with Crippen LogP contribution in [0.25, 0.3) is 11.5 Å². The second-order valence-electron chi connectivity index (χ2n) is 4.54. The van der Waals surface area contributed by atoms with Crippen molar-refractivity contribution in [3.8, 4) is 17.4 Å². The number of oxazole rings is 1. The van der Waals surface area contributed by atoms with Crippen LogP contribution in [-0.2, 0) is 6.61 Å². The van der Waals surface area contributed by atoms with Gasteiger partial charge in [-0.05, 0) is 29.8 Å². The van der Waals surface area contributed by atoms with E-state index in [0.29, 0.717) is 5.69 Å². The number of aromatic nitrogens is 1. The highest BCUT2D eigenvalue weighted by molar-refractivity contribution is 5.57. The third-order valence-electron chi connectivity index (χ3n) is 2.97. The van der Waals surface area contributed by atoms with E-state index in [2.05, 4.69) is 15.2 Å². The molecule has 0 aliphatic heterocycles. The van der Waals surface area contributed by atoms with Crippen molar-refractivity contribution in [1.82, 2.24) is 4.98 Å². The summed E-state index contributed by atoms with van der Waals surface area (Å²) in [5.74, 6) is -0.106. The largest absolute Gasteiger partial charge is 0.478 e. The van der Waals surface area contributed by atoms with Crippen molar-refractivity contribution in [2.24, 2.45) is 10.2 Å². The summed E-state index contributed by atoms with van der Waals surface area (Å²) in [6.07, 6.45) is 0. The fourth-order valence-corrected chi connectivity index (χ4v) is 1.90. The smallest absolute Gasteiger partial charge is 0.332 e. The van der Waals surface area contributed by atoms with Gasteiger partial charge in [0.05, 0.1) is 12.3 Å². The van der Waals surface area contributed by atoms with Crippen LogP contribution in [0.15, 0.2) is 69.2 Å². The van der Waals surface area contributed by atoms with E-state index in [-0.39, 0.29) is 24.3 Å². The number of aromatic hydroxyl groups is 1. The van der Waals surface area contributed by atoms with Crippen LogP contribution >= 0.6 is 0 Å². The maximum atomic E-state index is 9.75. The number of azo groups is 1. The average Bonchev–Trinajstić information content (AvgIpc) is 2.95. The van der Waals surface area contributed by atoms with Gasteiger partial charge in [-0.25, -0.2) is 0 Å². The fourth-order valence-electron chi connectivity index (χ4n) is 1.90. The topological polar surface area (TPSA) is 91.2 Å². The van der Waals surface area contributed by atoms with Crippen LogP contribution < -0.4 is 0 Å². The van der Waals surface area contributed by atoms with Gasteiger partial charge in [-0.1, -0.05) is 30.3 Å². The van der Waals surface area contributed by atoms with E-state index in [4.69, 9.17) is 9.52 Å². The normalized spacial score (nSPS) is 11.1. The molecule has 0 bridgehead atoms. The number of aliphatic hydroxyl groups excluding tert-OH is 1. The molecular formula is C16H13N3O3. The standard InChI is InChI=1S/C16H13N3O3/c20-10-11-5-4-8-13(9-11)18-19-14-16(21)22-15(17-14)12-6-2-1-3-7-12/h1-9,20-21H,10H2. The van der Waals surface area contributed by atoms with E-state index in [1.165, 1.54) is 0 Å². The van der Waals surface area contributed by atoms with Crippen molar-refractivity contribution in [1.29, 1.82) is 0 Å². The first-order chi connectivity index (χ1) is 10.8. The van der Waals surface area contributed by atoms with Crippen molar-refractivity contribution < 1.29 is 14.6 Å². The zero-order valence-corrected chi connectivity index (χ0v) is 11.5. The first-order valence-corrected chi connectivity index (χ1v) is 6.63. The molecule has 3 aromatic rings. The second-order valence-corrected chi connectivity index (χ2v) is 4.54. The molecule has 0 spiro atoms. The highest BCUT2D eigenvalue weighted by Gasteiger charge is 2.13. The molecule has 110 valence electrons. The maximum Gasteiger partial charge on any atom is 0.332 e. The third-order valence-corrected chi connectivity index (χ3v) is 2.97. The molecular weight excluding hydrogens is 282 g/mol. The van der Waals surface area contributed by atoms with Gasteiger partial charge in [-0.15, -0.1) is 10.2 Å². The Kier molecular flexibility index (Phi) is 3.93. The molecule has 2 N–H and O–H groups in total. The van der Waals surface area contributed by atoms with Crippen LogP contribution in [0.2, 0.25) is 0 Å². The van der Waals surface area contributed by atoms with Crippen LogP contribution in [0.5, 0.6) is 5.95 Å². The lowest BCUT2D eigenvalue weighted by atomic mass is 10.2. The van der Waals surface area contributed by atoms with Gasteiger partial charge in [0.1, 0.15) is 0 Å². The summed E-state index contributed by atoms with van der Waals surface area (Å²) < 4.78 is 5.18. The molecule has 3 rings (SSSR count). The Morgan fingerprint density at radius 3 is 2.59 bits per heavy atom. The summed E-state index contributed by atoms with van der Waals surface area (Å²) in [6, 6.07) is 16.2. The first kappa shape index (κ1) is 14.0. The number of hydrogen-bond acceptors (Lipinski definition) is 6. The van der Waals surface area contributed by atoms with Gasteiger partial charge in [0.25, 0.3) is 5.82 Å². The highest BCUT2D eigenvalue weighted by Crippen LogP contribution is 2.32. The summed E-state index contributed by atoms with van der Waals surface area (Å²) in [6.45, 7) is -0.0727. The van der Waals surface area contributed by atoms with Crippen molar-refractivity contribution in [2.45, 2.75) is 6.61 Å². The first-order valence-electron chi connectivity index (χ1n) is 6.63. The summed E-state index contributed by atoms with van der Waals surface area (Å²) in [5.41, 5.74) is 2.02. The van der Waals surface area contributed by atoms with Gasteiger partial charge >= 0.3 is 5.95 Å². The molecule has 6 nitrogen and oxygen atoms in total. The van der Waals surface area contributed by atoms with Crippen molar-refractivity contribution in [3.05, 3.63) is 60.2 Å². The number of aliphatic hydroxyl groups is 1. The predicted octanol–water partition coefficient (Wildman–Crippen LogP) is 3.95. The van der Waals surface area contributed by atoms with Crippen LogP contribution in [0.1, 0.15) is 5.56 Å². The van der Waals surface area contributed by atoms with E-state index in [1.54, 1.807) is 24.3 Å². The summed E-state index contributed by atoms with van der Waals surface area (Å²) in [5, 5.41) is 26.7.